The van der Waals surface area contributed by atoms with Crippen LogP contribution in [-0.4, -0.2) is 45.3 Å². The molecule has 8 nitrogen and oxygen atoms in total. The topological polar surface area (TPSA) is 97.9 Å². The maximum Gasteiger partial charge on any atom is 0.421 e. The summed E-state index contributed by atoms with van der Waals surface area (Å²) in [5.74, 6) is 0. The van der Waals surface area contributed by atoms with Gasteiger partial charge in [-0.05, 0) is 50.9 Å². The Hall–Kier alpha value is -2.10. The Bertz CT molecular complexity index is 670. The molecule has 1 aromatic carbocycles. The summed E-state index contributed by atoms with van der Waals surface area (Å²) in [6, 6.07) is 12.4. The molecule has 1 atom stereocenters. The first-order valence-corrected chi connectivity index (χ1v) is 14.0. The van der Waals surface area contributed by atoms with E-state index < -0.39 is 26.1 Å². The number of hydrogen-bond donors (Lipinski definition) is 3. The minimum absolute atomic E-state index is 0.180. The van der Waals surface area contributed by atoms with Crippen molar-refractivity contribution in [2.24, 2.45) is 0 Å². The quantitative estimate of drug-likeness (QED) is 0.287. The molecule has 0 fully saturated rings. The van der Waals surface area contributed by atoms with Gasteiger partial charge in [0, 0.05) is 19.2 Å². The average molecular weight is 468 g/mol. The summed E-state index contributed by atoms with van der Waals surface area (Å²) in [7, 11) is -1.71. The molecule has 0 aromatic heterocycles. The van der Waals surface area contributed by atoms with Crippen LogP contribution in [0.4, 0.5) is 9.59 Å². The van der Waals surface area contributed by atoms with Crippen LogP contribution in [-0.2, 0) is 20.5 Å². The summed E-state index contributed by atoms with van der Waals surface area (Å²) in [5.41, 5.74) is 5.66. The maximum atomic E-state index is 12.2. The number of alkyl carbamates (subject to hydrolysis) is 1. The molecule has 0 radical (unpaired) electrons. The lowest BCUT2D eigenvalue weighted by Crippen LogP contribution is -2.49. The molecule has 1 rings (SSSR count). The van der Waals surface area contributed by atoms with Crippen molar-refractivity contribution < 1.29 is 23.5 Å². The van der Waals surface area contributed by atoms with Gasteiger partial charge in [0.25, 0.3) is 0 Å². The van der Waals surface area contributed by atoms with Gasteiger partial charge in [0.05, 0.1) is 0 Å². The van der Waals surface area contributed by atoms with Gasteiger partial charge in [-0.25, -0.2) is 15.0 Å². The van der Waals surface area contributed by atoms with Gasteiger partial charge in [-0.1, -0.05) is 51.1 Å². The van der Waals surface area contributed by atoms with Crippen molar-refractivity contribution in [2.75, 3.05) is 13.2 Å². The minimum Gasteiger partial charge on any atom is -0.444 e. The monoisotopic (exact) mass is 467 g/mol. The molecule has 9 heteroatoms. The van der Waals surface area contributed by atoms with Crippen molar-refractivity contribution in [1.29, 1.82) is 0 Å². The van der Waals surface area contributed by atoms with Gasteiger partial charge in [0.15, 0.2) is 8.32 Å². The molecule has 0 bridgehead atoms. The molecule has 3 N–H and O–H groups in total. The number of hydrogen-bond acceptors (Lipinski definition) is 6. The first-order valence-electron chi connectivity index (χ1n) is 11.5. The van der Waals surface area contributed by atoms with Crippen molar-refractivity contribution in [3.8, 4) is 0 Å². The van der Waals surface area contributed by atoms with Crippen LogP contribution in [0.15, 0.2) is 30.3 Å². The summed E-state index contributed by atoms with van der Waals surface area (Å²) >= 11 is 0. The molecule has 32 heavy (non-hydrogen) atoms. The molecule has 182 valence electrons. The molecule has 0 aliphatic heterocycles. The van der Waals surface area contributed by atoms with Gasteiger partial charge in [-0.2, -0.15) is 0 Å². The highest BCUT2D eigenvalue weighted by Gasteiger charge is 2.29. The fourth-order valence-electron chi connectivity index (χ4n) is 3.18. The minimum atomic E-state index is -1.71. The lowest BCUT2D eigenvalue weighted by atomic mass is 10.2. The Kier molecular flexibility index (Phi) is 12.3. The molecule has 0 aliphatic carbocycles. The second-order valence-electron chi connectivity index (χ2n) is 8.79. The van der Waals surface area contributed by atoms with Crippen molar-refractivity contribution in [2.45, 2.75) is 84.3 Å². The van der Waals surface area contributed by atoms with Crippen LogP contribution in [0.3, 0.4) is 0 Å². The highest BCUT2D eigenvalue weighted by Crippen LogP contribution is 2.21. The van der Waals surface area contributed by atoms with E-state index in [2.05, 4.69) is 36.9 Å². The Morgan fingerprint density at radius 3 is 2.19 bits per heavy atom. The summed E-state index contributed by atoms with van der Waals surface area (Å²) in [6.45, 7) is 13.0. The molecule has 1 unspecified atom stereocenters. The SMILES string of the molecule is CC[Si](CC)(CC)OCCC(CNNC(=O)OCc1ccccc1)NC(=O)OC(C)(C)C. The Balaban J connectivity index is 2.53. The van der Waals surface area contributed by atoms with Crippen LogP contribution in [0.5, 0.6) is 0 Å². The van der Waals surface area contributed by atoms with E-state index in [1.165, 1.54) is 0 Å². The summed E-state index contributed by atoms with van der Waals surface area (Å²) in [4.78, 5) is 24.2. The number of carbonyl (C=O) groups is 2. The van der Waals surface area contributed by atoms with Crippen LogP contribution in [0, 0.1) is 0 Å². The van der Waals surface area contributed by atoms with Gasteiger partial charge in [-0.3, -0.25) is 5.43 Å². The summed E-state index contributed by atoms with van der Waals surface area (Å²) in [6.07, 6.45) is -0.488. The maximum absolute atomic E-state index is 12.2. The predicted octanol–water partition coefficient (Wildman–Crippen LogP) is 4.72. The van der Waals surface area contributed by atoms with Gasteiger partial charge in [-0.15, -0.1) is 0 Å². The fraction of sp³-hybridized carbons (Fsp3) is 0.652. The molecule has 1 aromatic rings. The lowest BCUT2D eigenvalue weighted by molar-refractivity contribution is 0.0496. The molecule has 0 aliphatic rings. The normalized spacial score (nSPS) is 12.7. The smallest absolute Gasteiger partial charge is 0.421 e. The predicted molar refractivity (Wildman–Crippen MR) is 129 cm³/mol. The number of rotatable bonds is 13. The van der Waals surface area contributed by atoms with E-state index >= 15 is 0 Å². The van der Waals surface area contributed by atoms with E-state index in [9.17, 15) is 9.59 Å². The Morgan fingerprint density at radius 1 is 1.00 bits per heavy atom. The largest absolute Gasteiger partial charge is 0.444 e. The summed E-state index contributed by atoms with van der Waals surface area (Å²) < 4.78 is 16.9. The van der Waals surface area contributed by atoms with Crippen LogP contribution in [0.25, 0.3) is 0 Å². The van der Waals surface area contributed by atoms with Gasteiger partial charge >= 0.3 is 12.2 Å². The third-order valence-corrected chi connectivity index (χ3v) is 9.96. The van der Waals surface area contributed by atoms with Gasteiger partial charge in [0.2, 0.25) is 0 Å². The summed E-state index contributed by atoms with van der Waals surface area (Å²) in [5, 5.41) is 2.87. The number of amides is 2. The highest BCUT2D eigenvalue weighted by molar-refractivity contribution is 6.73. The second-order valence-corrected chi connectivity index (χ2v) is 13.6. The average Bonchev–Trinajstić information content (AvgIpc) is 2.75. The number of benzene rings is 1. The molecule has 0 heterocycles. The molecular weight excluding hydrogens is 426 g/mol. The number of ether oxygens (including phenoxy) is 2. The van der Waals surface area contributed by atoms with Crippen LogP contribution >= 0.6 is 0 Å². The second kappa shape index (κ2) is 14.1. The van der Waals surface area contributed by atoms with E-state index in [-0.39, 0.29) is 12.6 Å². The van der Waals surface area contributed by atoms with E-state index in [0.29, 0.717) is 19.6 Å². The number of nitrogens with one attached hydrogen (secondary N) is 3. The molecular formula is C23H41N3O5Si. The van der Waals surface area contributed by atoms with Crippen molar-refractivity contribution in [3.05, 3.63) is 35.9 Å². The lowest BCUT2D eigenvalue weighted by Gasteiger charge is -2.29. The zero-order chi connectivity index (χ0) is 24.0. The highest BCUT2D eigenvalue weighted by atomic mass is 28.4. The van der Waals surface area contributed by atoms with Crippen molar-refractivity contribution in [1.82, 2.24) is 16.2 Å². The standard InChI is InChI=1S/C23H41N3O5Si/c1-7-32(8-2,9-3)30-16-15-20(25-21(27)31-23(4,5)6)17-24-26-22(28)29-18-19-13-11-10-12-14-19/h10-14,20,24H,7-9,15-18H2,1-6H3,(H,25,27)(H,26,28). The van der Waals surface area contributed by atoms with Crippen molar-refractivity contribution in [3.63, 3.8) is 0 Å². The Labute approximate surface area is 193 Å². The molecule has 0 saturated carbocycles. The molecule has 0 spiro atoms. The zero-order valence-corrected chi connectivity index (χ0v) is 21.5. The first-order chi connectivity index (χ1) is 15.1. The third kappa shape index (κ3) is 11.5. The molecule has 2 amide bonds. The molecule has 0 saturated heterocycles. The van der Waals surface area contributed by atoms with Crippen LogP contribution in [0.2, 0.25) is 18.1 Å². The fourth-order valence-corrected chi connectivity index (χ4v) is 5.84. The van der Waals surface area contributed by atoms with E-state index in [4.69, 9.17) is 13.9 Å². The number of hydrazine groups is 1. The zero-order valence-electron chi connectivity index (χ0n) is 20.5. The Morgan fingerprint density at radius 2 is 1.62 bits per heavy atom. The van der Waals surface area contributed by atoms with Gasteiger partial charge in [0.1, 0.15) is 12.2 Å². The van der Waals surface area contributed by atoms with Crippen LogP contribution in [0.1, 0.15) is 53.5 Å². The third-order valence-electron chi connectivity index (χ3n) is 5.28. The van der Waals surface area contributed by atoms with Gasteiger partial charge < -0.3 is 19.2 Å². The van der Waals surface area contributed by atoms with E-state index in [1.54, 1.807) is 0 Å². The van der Waals surface area contributed by atoms with Crippen molar-refractivity contribution >= 4 is 20.5 Å². The van der Waals surface area contributed by atoms with E-state index in [0.717, 1.165) is 23.7 Å². The van der Waals surface area contributed by atoms with Crippen LogP contribution < -0.4 is 16.2 Å². The number of carbonyl (C=O) groups excluding carboxylic acids is 2. The first kappa shape index (κ1) is 27.9. The van der Waals surface area contributed by atoms with E-state index in [1.807, 2.05) is 51.1 Å².